The van der Waals surface area contributed by atoms with Crippen LogP contribution < -0.4 is 9.47 Å². The van der Waals surface area contributed by atoms with Gasteiger partial charge in [0, 0.05) is 38.2 Å². The summed E-state index contributed by atoms with van der Waals surface area (Å²) in [5.41, 5.74) is 1.12. The lowest BCUT2D eigenvalue weighted by molar-refractivity contribution is -0.134. The minimum absolute atomic E-state index is 0.0823. The number of ether oxygens (including phenoxy) is 2. The van der Waals surface area contributed by atoms with Gasteiger partial charge in [0.1, 0.15) is 17.1 Å². The molecule has 0 saturated carbocycles. The molecule has 4 aliphatic heterocycles. The second kappa shape index (κ2) is 7.09. The molecule has 0 radical (unpaired) electrons. The largest absolute Gasteiger partial charge is 0.497 e. The van der Waals surface area contributed by atoms with Crippen LogP contribution in [0.25, 0.3) is 0 Å². The van der Waals surface area contributed by atoms with Gasteiger partial charge >= 0.3 is 0 Å². The Bertz CT molecular complexity index is 934. The van der Waals surface area contributed by atoms with Gasteiger partial charge in [-0.25, -0.2) is 0 Å². The molecule has 29 heavy (non-hydrogen) atoms. The third-order valence-electron chi connectivity index (χ3n) is 6.10. The van der Waals surface area contributed by atoms with E-state index in [1.807, 2.05) is 22.4 Å². The van der Waals surface area contributed by atoms with Crippen molar-refractivity contribution in [2.24, 2.45) is 4.99 Å². The van der Waals surface area contributed by atoms with Gasteiger partial charge in [-0.15, -0.1) is 0 Å². The molecular formula is C21H23N3O4S. The number of fused-ring (bicyclic) bond motifs is 2. The first-order chi connectivity index (χ1) is 14.1. The molecule has 0 unspecified atom stereocenters. The number of amides is 1. The van der Waals surface area contributed by atoms with Gasteiger partial charge in [-0.2, -0.15) is 0 Å². The zero-order valence-corrected chi connectivity index (χ0v) is 17.2. The van der Waals surface area contributed by atoms with Crippen molar-refractivity contribution in [3.63, 3.8) is 0 Å². The van der Waals surface area contributed by atoms with Crippen molar-refractivity contribution in [1.82, 2.24) is 9.80 Å². The van der Waals surface area contributed by atoms with E-state index in [0.717, 1.165) is 24.0 Å². The Labute approximate surface area is 173 Å². The molecule has 1 amide bonds. The van der Waals surface area contributed by atoms with Crippen LogP contribution >= 0.6 is 11.8 Å². The minimum atomic E-state index is -0.507. The highest BCUT2D eigenvalue weighted by atomic mass is 32.2. The Hall–Kier alpha value is -2.48. The second-order valence-corrected chi connectivity index (χ2v) is 8.68. The number of rotatable bonds is 3. The lowest BCUT2D eigenvalue weighted by atomic mass is 9.82. The highest BCUT2D eigenvalue weighted by Gasteiger charge is 2.44. The van der Waals surface area contributed by atoms with Crippen LogP contribution in [0.3, 0.4) is 0 Å². The van der Waals surface area contributed by atoms with E-state index in [1.54, 1.807) is 24.9 Å². The van der Waals surface area contributed by atoms with Crippen molar-refractivity contribution in [2.45, 2.75) is 31.3 Å². The number of carbonyl (C=O) groups is 2. The lowest BCUT2D eigenvalue weighted by Gasteiger charge is -2.44. The van der Waals surface area contributed by atoms with Gasteiger partial charge in [0.05, 0.1) is 32.1 Å². The maximum Gasteiger partial charge on any atom is 0.228 e. The molecule has 1 aromatic rings. The molecule has 0 aromatic heterocycles. The molecule has 5 rings (SSSR count). The lowest BCUT2D eigenvalue weighted by Crippen LogP contribution is -2.52. The molecule has 1 fully saturated rings. The van der Waals surface area contributed by atoms with Gasteiger partial charge in [-0.3, -0.25) is 14.6 Å². The Morgan fingerprint density at radius 2 is 2.14 bits per heavy atom. The van der Waals surface area contributed by atoms with Crippen LogP contribution in [0.2, 0.25) is 0 Å². The van der Waals surface area contributed by atoms with Crippen molar-refractivity contribution in [3.8, 4) is 11.5 Å². The van der Waals surface area contributed by atoms with Crippen LogP contribution in [0.1, 0.15) is 36.0 Å². The predicted octanol–water partition coefficient (Wildman–Crippen LogP) is 2.67. The minimum Gasteiger partial charge on any atom is -0.497 e. The molecular weight excluding hydrogens is 390 g/mol. The van der Waals surface area contributed by atoms with Crippen LogP contribution in [0, 0.1) is 0 Å². The normalized spacial score (nSPS) is 22.0. The number of ketones is 1. The summed E-state index contributed by atoms with van der Waals surface area (Å²) < 4.78 is 11.5. The number of piperidine rings is 1. The number of amidine groups is 1. The summed E-state index contributed by atoms with van der Waals surface area (Å²) in [4.78, 5) is 34.0. The summed E-state index contributed by atoms with van der Waals surface area (Å²) in [6.45, 7) is 2.89. The van der Waals surface area contributed by atoms with E-state index in [-0.39, 0.29) is 11.7 Å². The summed E-state index contributed by atoms with van der Waals surface area (Å²) in [6.07, 6.45) is 2.09. The Morgan fingerprint density at radius 3 is 2.93 bits per heavy atom. The highest BCUT2D eigenvalue weighted by molar-refractivity contribution is 8.16. The van der Waals surface area contributed by atoms with Crippen molar-refractivity contribution in [1.29, 1.82) is 0 Å². The van der Waals surface area contributed by atoms with Gasteiger partial charge in [-0.05, 0) is 23.6 Å². The topological polar surface area (TPSA) is 71.4 Å². The summed E-state index contributed by atoms with van der Waals surface area (Å²) in [6, 6.07) is 5.36. The number of methoxy groups -OCH3 is 1. The average molecular weight is 413 g/mol. The number of likely N-dealkylation sites (tertiary alicyclic amines) is 1. The van der Waals surface area contributed by atoms with Crippen molar-refractivity contribution >= 4 is 28.6 Å². The Balaban J connectivity index is 1.23. The number of nitrogens with zero attached hydrogens (tertiary/aromatic N) is 3. The Kier molecular flexibility index (Phi) is 4.53. The fraction of sp³-hybridized carbons (Fsp3) is 0.476. The van der Waals surface area contributed by atoms with Crippen LogP contribution in [-0.2, 0) is 4.79 Å². The summed E-state index contributed by atoms with van der Waals surface area (Å²) in [5, 5.41) is 3.05. The van der Waals surface area contributed by atoms with E-state index in [1.165, 1.54) is 0 Å². The smallest absolute Gasteiger partial charge is 0.228 e. The fourth-order valence-electron chi connectivity index (χ4n) is 4.42. The summed E-state index contributed by atoms with van der Waals surface area (Å²) >= 11 is 1.60. The molecule has 0 atom stereocenters. The first-order valence-corrected chi connectivity index (χ1v) is 10.8. The van der Waals surface area contributed by atoms with Gasteiger partial charge in [0.2, 0.25) is 5.91 Å². The van der Waals surface area contributed by atoms with Crippen molar-refractivity contribution < 1.29 is 19.1 Å². The molecule has 0 aliphatic carbocycles. The number of benzene rings is 1. The van der Waals surface area contributed by atoms with Crippen LogP contribution in [-0.4, -0.2) is 65.5 Å². The second-order valence-electron chi connectivity index (χ2n) is 7.85. The number of aliphatic imine (C=N–C) groups is 1. The third-order valence-corrected chi connectivity index (χ3v) is 7.05. The highest BCUT2D eigenvalue weighted by Crippen LogP contribution is 2.41. The molecule has 0 bridgehead atoms. The molecule has 4 aliphatic rings. The quantitative estimate of drug-likeness (QED) is 0.759. The van der Waals surface area contributed by atoms with E-state index in [2.05, 4.69) is 9.89 Å². The molecule has 8 heteroatoms. The molecule has 1 aromatic carbocycles. The number of Topliss-reactive ketones (excluding diaryl/α,β-unsaturated/α-hetero) is 1. The van der Waals surface area contributed by atoms with E-state index in [0.29, 0.717) is 55.8 Å². The van der Waals surface area contributed by atoms with Crippen LogP contribution in [0.4, 0.5) is 0 Å². The van der Waals surface area contributed by atoms with E-state index >= 15 is 0 Å². The number of hydrogen-bond donors (Lipinski definition) is 0. The standard InChI is InChI=1S/C21H23N3O4S/c1-27-15-2-3-18-16(11-15)17(25)12-21(28-18)4-7-23(8-5-21)19(26)10-14-13-29-20-22-6-9-24(14)20/h2-3,11,13H,4-10,12H2,1H3. The number of carbonyl (C=O) groups excluding carboxylic acids is 2. The zero-order chi connectivity index (χ0) is 20.0. The predicted molar refractivity (Wildman–Crippen MR) is 110 cm³/mol. The summed E-state index contributed by atoms with van der Waals surface area (Å²) in [7, 11) is 1.59. The van der Waals surface area contributed by atoms with Crippen molar-refractivity contribution in [3.05, 3.63) is 34.9 Å². The molecule has 152 valence electrons. The molecule has 7 nitrogen and oxygen atoms in total. The summed E-state index contributed by atoms with van der Waals surface area (Å²) in [5.74, 6) is 1.49. The molecule has 0 N–H and O–H groups in total. The van der Waals surface area contributed by atoms with E-state index < -0.39 is 5.60 Å². The van der Waals surface area contributed by atoms with Gasteiger partial charge in [-0.1, -0.05) is 11.8 Å². The monoisotopic (exact) mass is 413 g/mol. The SMILES string of the molecule is COc1ccc2c(c1)C(=O)CC1(CCN(C(=O)CC3=CSC4=NCCN34)CC1)O2. The average Bonchev–Trinajstić information content (AvgIpc) is 3.33. The van der Waals surface area contributed by atoms with Gasteiger partial charge in [0.25, 0.3) is 0 Å². The maximum atomic E-state index is 12.8. The molecule has 1 spiro atoms. The van der Waals surface area contributed by atoms with Crippen LogP contribution in [0.5, 0.6) is 11.5 Å². The van der Waals surface area contributed by atoms with E-state index in [4.69, 9.17) is 9.47 Å². The molecule has 4 heterocycles. The number of thioether (sulfide) groups is 1. The zero-order valence-electron chi connectivity index (χ0n) is 16.3. The first-order valence-electron chi connectivity index (χ1n) is 9.93. The van der Waals surface area contributed by atoms with Crippen molar-refractivity contribution in [2.75, 3.05) is 33.3 Å². The van der Waals surface area contributed by atoms with Crippen LogP contribution in [0.15, 0.2) is 34.3 Å². The van der Waals surface area contributed by atoms with Gasteiger partial charge in [0.15, 0.2) is 11.0 Å². The third kappa shape index (κ3) is 3.29. The van der Waals surface area contributed by atoms with Gasteiger partial charge < -0.3 is 19.3 Å². The maximum absolute atomic E-state index is 12.8. The fourth-order valence-corrected chi connectivity index (χ4v) is 5.38. The Morgan fingerprint density at radius 1 is 1.31 bits per heavy atom. The van der Waals surface area contributed by atoms with E-state index in [9.17, 15) is 9.59 Å². The number of hydrogen-bond acceptors (Lipinski definition) is 7. The first kappa shape index (κ1) is 18.5. The molecule has 1 saturated heterocycles.